The van der Waals surface area contributed by atoms with Gasteiger partial charge in [0.25, 0.3) is 0 Å². The molecule has 1 aliphatic rings. The molecule has 4 rings (SSSR count). The molecule has 2 aromatic carbocycles. The summed E-state index contributed by atoms with van der Waals surface area (Å²) in [5.74, 6) is 1.08. The molecule has 0 fully saturated rings. The first kappa shape index (κ1) is 18.0. The molecule has 0 saturated carbocycles. The Morgan fingerprint density at radius 1 is 1.00 bits per heavy atom. The molecule has 0 radical (unpaired) electrons. The summed E-state index contributed by atoms with van der Waals surface area (Å²) in [7, 11) is 2.92. The van der Waals surface area contributed by atoms with Gasteiger partial charge in [0.05, 0.1) is 20.8 Å². The molecule has 146 valence electrons. The molecule has 0 saturated heterocycles. The fourth-order valence-corrected chi connectivity index (χ4v) is 3.21. The maximum Gasteiger partial charge on any atom is 0.336 e. The summed E-state index contributed by atoms with van der Waals surface area (Å²) < 4.78 is 28.0. The van der Waals surface area contributed by atoms with Crippen molar-refractivity contribution < 1.29 is 33.6 Å². The van der Waals surface area contributed by atoms with Crippen molar-refractivity contribution in [1.29, 1.82) is 0 Å². The van der Waals surface area contributed by atoms with E-state index in [1.54, 1.807) is 24.3 Å². The van der Waals surface area contributed by atoms with Crippen LogP contribution >= 0.6 is 0 Å². The first-order valence-electron chi connectivity index (χ1n) is 8.51. The highest BCUT2D eigenvalue weighted by Gasteiger charge is 2.37. The van der Waals surface area contributed by atoms with Gasteiger partial charge in [0.2, 0.25) is 11.5 Å². The average molecular weight is 386 g/mol. The molecule has 2 heterocycles. The quantitative estimate of drug-likeness (QED) is 0.658. The molecule has 28 heavy (non-hydrogen) atoms. The molecule has 8 nitrogen and oxygen atoms in total. The van der Waals surface area contributed by atoms with E-state index in [0.717, 1.165) is 0 Å². The lowest BCUT2D eigenvalue weighted by Gasteiger charge is -2.34. The van der Waals surface area contributed by atoms with Crippen molar-refractivity contribution >= 4 is 11.0 Å². The maximum absolute atomic E-state index is 11.7. The van der Waals surface area contributed by atoms with Crippen LogP contribution in [0.1, 0.15) is 11.7 Å². The summed E-state index contributed by atoms with van der Waals surface area (Å²) in [4.78, 5) is 11.7. The Hall–Kier alpha value is -3.39. The third kappa shape index (κ3) is 2.87. The van der Waals surface area contributed by atoms with E-state index in [4.69, 9.17) is 23.4 Å². The Morgan fingerprint density at radius 3 is 2.50 bits per heavy atom. The van der Waals surface area contributed by atoms with Gasteiger partial charge >= 0.3 is 5.63 Å². The number of methoxy groups -OCH3 is 2. The number of rotatable bonds is 4. The minimum atomic E-state index is -0.789. The van der Waals surface area contributed by atoms with E-state index in [0.29, 0.717) is 16.7 Å². The Labute approximate surface area is 159 Å². The number of aromatic hydroxyl groups is 1. The first-order valence-corrected chi connectivity index (χ1v) is 8.51. The maximum atomic E-state index is 11.7. The number of aliphatic hydroxyl groups is 1. The van der Waals surface area contributed by atoms with Gasteiger partial charge in [0.1, 0.15) is 0 Å². The Balaban J connectivity index is 1.87. The van der Waals surface area contributed by atoms with Gasteiger partial charge < -0.3 is 33.6 Å². The van der Waals surface area contributed by atoms with E-state index < -0.39 is 17.8 Å². The van der Waals surface area contributed by atoms with Crippen LogP contribution in [0.4, 0.5) is 0 Å². The Kier molecular flexibility index (Phi) is 4.48. The van der Waals surface area contributed by atoms with Gasteiger partial charge in [-0.2, -0.15) is 0 Å². The van der Waals surface area contributed by atoms with Gasteiger partial charge in [-0.25, -0.2) is 4.79 Å². The van der Waals surface area contributed by atoms with E-state index in [1.165, 1.54) is 26.4 Å². The highest BCUT2D eigenvalue weighted by Crippen LogP contribution is 2.49. The van der Waals surface area contributed by atoms with E-state index >= 15 is 0 Å². The van der Waals surface area contributed by atoms with Crippen LogP contribution < -0.4 is 24.6 Å². The average Bonchev–Trinajstić information content (AvgIpc) is 2.72. The summed E-state index contributed by atoms with van der Waals surface area (Å²) in [6.07, 6.45) is -1.50. The molecule has 0 bridgehead atoms. The van der Waals surface area contributed by atoms with Crippen LogP contribution in [0.2, 0.25) is 0 Å². The largest absolute Gasteiger partial charge is 0.504 e. The molecule has 0 aliphatic carbocycles. The van der Waals surface area contributed by atoms with Crippen LogP contribution in [0.5, 0.6) is 28.7 Å². The molecule has 0 unspecified atom stereocenters. The number of ether oxygens (including phenoxy) is 4. The van der Waals surface area contributed by atoms with Gasteiger partial charge in [0.15, 0.2) is 35.0 Å². The normalized spacial score (nSPS) is 18.1. The molecule has 2 N–H and O–H groups in total. The van der Waals surface area contributed by atoms with Crippen LogP contribution in [0, 0.1) is 0 Å². The van der Waals surface area contributed by atoms with Crippen molar-refractivity contribution in [2.75, 3.05) is 20.8 Å². The predicted molar refractivity (Wildman–Crippen MR) is 98.6 cm³/mol. The predicted octanol–water partition coefficient (Wildman–Crippen LogP) is 2.39. The van der Waals surface area contributed by atoms with E-state index in [2.05, 4.69) is 0 Å². The Morgan fingerprint density at radius 2 is 1.79 bits per heavy atom. The van der Waals surface area contributed by atoms with Gasteiger partial charge in [-0.05, 0) is 24.3 Å². The number of phenolic OH excluding ortho intramolecular Hbond substituents is 1. The van der Waals surface area contributed by atoms with Crippen molar-refractivity contribution in [3.8, 4) is 28.7 Å². The number of hydrogen-bond donors (Lipinski definition) is 2. The number of aliphatic hydroxyl groups excluding tert-OH is 1. The van der Waals surface area contributed by atoms with E-state index in [1.807, 2.05) is 0 Å². The van der Waals surface area contributed by atoms with E-state index in [9.17, 15) is 15.0 Å². The molecule has 0 spiro atoms. The molecule has 0 amide bonds. The van der Waals surface area contributed by atoms with Crippen molar-refractivity contribution in [3.63, 3.8) is 0 Å². The molecule has 2 atom stereocenters. The van der Waals surface area contributed by atoms with Crippen molar-refractivity contribution in [3.05, 3.63) is 52.4 Å². The van der Waals surface area contributed by atoms with Gasteiger partial charge in [0, 0.05) is 17.0 Å². The van der Waals surface area contributed by atoms with Crippen LogP contribution in [-0.4, -0.2) is 37.1 Å². The third-order valence-corrected chi connectivity index (χ3v) is 4.57. The number of benzene rings is 2. The van der Waals surface area contributed by atoms with Gasteiger partial charge in [-0.1, -0.05) is 6.07 Å². The summed E-state index contributed by atoms with van der Waals surface area (Å²) >= 11 is 0. The minimum Gasteiger partial charge on any atom is -0.504 e. The molecule has 3 aromatic rings. The smallest absolute Gasteiger partial charge is 0.336 e. The molecular weight excluding hydrogens is 368 g/mol. The minimum absolute atomic E-state index is 0.0192. The first-order chi connectivity index (χ1) is 13.5. The lowest BCUT2D eigenvalue weighted by atomic mass is 10.0. The number of hydrogen-bond acceptors (Lipinski definition) is 8. The van der Waals surface area contributed by atoms with Crippen molar-refractivity contribution in [2.45, 2.75) is 12.2 Å². The van der Waals surface area contributed by atoms with Crippen LogP contribution in [0.3, 0.4) is 0 Å². The second kappa shape index (κ2) is 6.97. The highest BCUT2D eigenvalue weighted by atomic mass is 16.6. The highest BCUT2D eigenvalue weighted by molar-refractivity contribution is 5.88. The van der Waals surface area contributed by atoms with Crippen LogP contribution in [0.25, 0.3) is 11.0 Å². The summed E-state index contributed by atoms with van der Waals surface area (Å²) in [5.41, 5.74) is 0.300. The second-order valence-corrected chi connectivity index (χ2v) is 6.22. The molecule has 1 aromatic heterocycles. The fourth-order valence-electron chi connectivity index (χ4n) is 3.21. The SMILES string of the molecule is COc1cc([C@@H]2Oc3c(OC)cc4ccc(=O)oc4c3O[C@@H]2CO)ccc1O. The molecule has 1 aliphatic heterocycles. The Bertz CT molecular complexity index is 1090. The molecular formula is C20H18O8. The third-order valence-electron chi connectivity index (χ3n) is 4.57. The van der Waals surface area contributed by atoms with Crippen molar-refractivity contribution in [1.82, 2.24) is 0 Å². The number of phenols is 1. The fraction of sp³-hybridized carbons (Fsp3) is 0.250. The second-order valence-electron chi connectivity index (χ2n) is 6.22. The standard InChI is InChI=1S/C20H18O8/c1-24-13-7-10(3-5-12(13)22)17-15(9-21)26-20-18-11(4-6-16(23)27-18)8-14(25-2)19(20)28-17/h3-8,15,17,21-22H,9H2,1-2H3/t15-,17+/m1/s1. The van der Waals surface area contributed by atoms with E-state index in [-0.39, 0.29) is 35.2 Å². The zero-order valence-corrected chi connectivity index (χ0v) is 15.2. The van der Waals surface area contributed by atoms with Crippen LogP contribution in [-0.2, 0) is 0 Å². The summed E-state index contributed by atoms with van der Waals surface area (Å²) in [6, 6.07) is 9.29. The lowest BCUT2D eigenvalue weighted by Crippen LogP contribution is -2.36. The lowest BCUT2D eigenvalue weighted by molar-refractivity contribution is -0.0135. The summed E-state index contributed by atoms with van der Waals surface area (Å²) in [5, 5.41) is 20.3. The zero-order chi connectivity index (χ0) is 19.8. The molecule has 8 heteroatoms. The summed E-state index contributed by atoms with van der Waals surface area (Å²) in [6.45, 7) is -0.358. The monoisotopic (exact) mass is 386 g/mol. The van der Waals surface area contributed by atoms with Crippen LogP contribution in [0.15, 0.2) is 45.6 Å². The topological polar surface area (TPSA) is 108 Å². The zero-order valence-electron chi connectivity index (χ0n) is 15.2. The van der Waals surface area contributed by atoms with Crippen molar-refractivity contribution in [2.24, 2.45) is 0 Å². The van der Waals surface area contributed by atoms with Gasteiger partial charge in [-0.15, -0.1) is 0 Å². The number of fused-ring (bicyclic) bond motifs is 3. The van der Waals surface area contributed by atoms with Gasteiger partial charge in [-0.3, -0.25) is 0 Å².